The fraction of sp³-hybridized carbons (Fsp3) is 0.500. The number of benzene rings is 1. The molecule has 126 valence electrons. The highest BCUT2D eigenvalue weighted by atomic mass is 32.2. The molecule has 1 amide bonds. The standard InChI is InChI=1S/C18H26N2O2S/c1-3-11-23-17-9-5-4-8-16(17)19-18(22)13-20-10-6-7-15(20)12-14(2)21/h3-5,8-9,14-15,21H,1,6-7,10-13H2,2H3,(H,19,22). The summed E-state index contributed by atoms with van der Waals surface area (Å²) in [5, 5.41) is 12.6. The zero-order valence-corrected chi connectivity index (χ0v) is 14.5. The number of hydrogen-bond acceptors (Lipinski definition) is 4. The first kappa shape index (κ1) is 18.0. The lowest BCUT2D eigenvalue weighted by atomic mass is 10.1. The SMILES string of the molecule is C=CCSc1ccccc1NC(=O)CN1CCCC1CC(C)O. The van der Waals surface area contributed by atoms with Gasteiger partial charge in [0.05, 0.1) is 18.3 Å². The second-order valence-corrected chi connectivity index (χ2v) is 7.06. The third-order valence-corrected chi connectivity index (χ3v) is 5.05. The molecule has 1 saturated heterocycles. The summed E-state index contributed by atoms with van der Waals surface area (Å²) in [5.74, 6) is 0.823. The van der Waals surface area contributed by atoms with Gasteiger partial charge in [-0.05, 0) is 44.9 Å². The third-order valence-electron chi connectivity index (χ3n) is 3.98. The van der Waals surface area contributed by atoms with E-state index in [1.165, 1.54) is 0 Å². The molecular weight excluding hydrogens is 308 g/mol. The van der Waals surface area contributed by atoms with Gasteiger partial charge in [0.2, 0.25) is 5.91 Å². The number of carbonyl (C=O) groups excluding carboxylic acids is 1. The molecule has 1 aromatic rings. The van der Waals surface area contributed by atoms with Crippen molar-refractivity contribution in [2.75, 3.05) is 24.2 Å². The van der Waals surface area contributed by atoms with E-state index in [9.17, 15) is 9.90 Å². The Morgan fingerprint density at radius 1 is 1.57 bits per heavy atom. The lowest BCUT2D eigenvalue weighted by Crippen LogP contribution is -2.38. The van der Waals surface area contributed by atoms with Crippen LogP contribution in [-0.4, -0.2) is 46.9 Å². The summed E-state index contributed by atoms with van der Waals surface area (Å²) in [7, 11) is 0. The van der Waals surface area contributed by atoms with E-state index in [4.69, 9.17) is 0 Å². The fourth-order valence-corrected chi connectivity index (χ4v) is 3.73. The molecule has 0 radical (unpaired) electrons. The predicted molar refractivity (Wildman–Crippen MR) is 96.9 cm³/mol. The minimum Gasteiger partial charge on any atom is -0.393 e. The molecule has 2 unspecified atom stereocenters. The van der Waals surface area contributed by atoms with Crippen LogP contribution in [0.4, 0.5) is 5.69 Å². The van der Waals surface area contributed by atoms with Crippen LogP contribution in [0.15, 0.2) is 41.8 Å². The van der Waals surface area contributed by atoms with Crippen molar-refractivity contribution in [3.63, 3.8) is 0 Å². The number of carbonyl (C=O) groups is 1. The van der Waals surface area contributed by atoms with Crippen LogP contribution in [0.2, 0.25) is 0 Å². The van der Waals surface area contributed by atoms with Gasteiger partial charge in [0.15, 0.2) is 0 Å². The molecule has 0 aromatic heterocycles. The summed E-state index contributed by atoms with van der Waals surface area (Å²) in [5.41, 5.74) is 0.857. The predicted octanol–water partition coefficient (Wildman–Crippen LogP) is 3.14. The van der Waals surface area contributed by atoms with E-state index >= 15 is 0 Å². The zero-order valence-electron chi connectivity index (χ0n) is 13.7. The molecule has 2 rings (SSSR count). The first-order valence-corrected chi connectivity index (χ1v) is 9.13. The third kappa shape index (κ3) is 5.68. The molecule has 0 spiro atoms. The van der Waals surface area contributed by atoms with E-state index in [0.29, 0.717) is 12.6 Å². The van der Waals surface area contributed by atoms with Gasteiger partial charge in [0.25, 0.3) is 0 Å². The average Bonchev–Trinajstić information content (AvgIpc) is 2.92. The minimum absolute atomic E-state index is 0.00847. The Kier molecular flexibility index (Phi) is 7.15. The Bertz CT molecular complexity index is 534. The minimum atomic E-state index is -0.320. The molecule has 0 aliphatic carbocycles. The van der Waals surface area contributed by atoms with Crippen LogP contribution in [0.25, 0.3) is 0 Å². The Morgan fingerprint density at radius 3 is 3.09 bits per heavy atom. The molecule has 1 heterocycles. The van der Waals surface area contributed by atoms with Crippen molar-refractivity contribution in [3.8, 4) is 0 Å². The molecule has 5 heteroatoms. The number of rotatable bonds is 8. The van der Waals surface area contributed by atoms with E-state index in [2.05, 4.69) is 16.8 Å². The molecule has 0 saturated carbocycles. The van der Waals surface area contributed by atoms with Gasteiger partial charge >= 0.3 is 0 Å². The number of anilines is 1. The van der Waals surface area contributed by atoms with E-state index in [0.717, 1.165) is 42.1 Å². The smallest absolute Gasteiger partial charge is 0.238 e. The number of para-hydroxylation sites is 1. The van der Waals surface area contributed by atoms with Crippen LogP contribution in [0.3, 0.4) is 0 Å². The summed E-state index contributed by atoms with van der Waals surface area (Å²) >= 11 is 1.66. The molecule has 4 nitrogen and oxygen atoms in total. The number of hydrogen-bond donors (Lipinski definition) is 2. The van der Waals surface area contributed by atoms with Gasteiger partial charge in [-0.25, -0.2) is 0 Å². The molecule has 23 heavy (non-hydrogen) atoms. The molecule has 2 N–H and O–H groups in total. The number of thioether (sulfide) groups is 1. The van der Waals surface area contributed by atoms with Crippen molar-refractivity contribution >= 4 is 23.4 Å². The molecule has 1 fully saturated rings. The normalized spacial score (nSPS) is 19.5. The number of aliphatic hydroxyl groups excluding tert-OH is 1. The number of nitrogens with zero attached hydrogens (tertiary/aromatic N) is 1. The number of likely N-dealkylation sites (tertiary alicyclic amines) is 1. The van der Waals surface area contributed by atoms with Crippen molar-refractivity contribution < 1.29 is 9.90 Å². The van der Waals surface area contributed by atoms with E-state index in [1.807, 2.05) is 37.3 Å². The monoisotopic (exact) mass is 334 g/mol. The maximum Gasteiger partial charge on any atom is 0.238 e. The van der Waals surface area contributed by atoms with Gasteiger partial charge in [-0.15, -0.1) is 18.3 Å². The van der Waals surface area contributed by atoms with E-state index in [-0.39, 0.29) is 12.0 Å². The van der Waals surface area contributed by atoms with Gasteiger partial charge in [-0.3, -0.25) is 9.69 Å². The van der Waals surface area contributed by atoms with Crippen LogP contribution in [0.5, 0.6) is 0 Å². The Morgan fingerprint density at radius 2 is 2.35 bits per heavy atom. The maximum atomic E-state index is 12.4. The summed E-state index contributed by atoms with van der Waals surface area (Å²) in [6.07, 6.45) is 4.42. The lowest BCUT2D eigenvalue weighted by Gasteiger charge is -2.25. The second-order valence-electron chi connectivity index (χ2n) is 6.00. The highest BCUT2D eigenvalue weighted by molar-refractivity contribution is 7.99. The first-order valence-electron chi connectivity index (χ1n) is 8.15. The van der Waals surface area contributed by atoms with Crippen LogP contribution in [0, 0.1) is 0 Å². The highest BCUT2D eigenvalue weighted by Crippen LogP contribution is 2.27. The van der Waals surface area contributed by atoms with E-state index in [1.54, 1.807) is 11.8 Å². The lowest BCUT2D eigenvalue weighted by molar-refractivity contribution is -0.117. The summed E-state index contributed by atoms with van der Waals surface area (Å²) in [4.78, 5) is 15.6. The summed E-state index contributed by atoms with van der Waals surface area (Å²) in [6, 6.07) is 8.15. The highest BCUT2D eigenvalue weighted by Gasteiger charge is 2.27. The van der Waals surface area contributed by atoms with Gasteiger partial charge in [-0.1, -0.05) is 18.2 Å². The molecule has 1 aliphatic rings. The van der Waals surface area contributed by atoms with Crippen LogP contribution >= 0.6 is 11.8 Å². The molecule has 0 bridgehead atoms. The quantitative estimate of drug-likeness (QED) is 0.566. The Hall–Kier alpha value is -1.30. The van der Waals surface area contributed by atoms with Crippen molar-refractivity contribution in [2.24, 2.45) is 0 Å². The topological polar surface area (TPSA) is 52.6 Å². The molecular formula is C18H26N2O2S. The van der Waals surface area contributed by atoms with Gasteiger partial charge in [-0.2, -0.15) is 0 Å². The Labute approximate surface area is 143 Å². The zero-order chi connectivity index (χ0) is 16.7. The number of nitrogens with one attached hydrogen (secondary N) is 1. The Balaban J connectivity index is 1.93. The van der Waals surface area contributed by atoms with Crippen molar-refractivity contribution in [3.05, 3.63) is 36.9 Å². The number of amides is 1. The van der Waals surface area contributed by atoms with Crippen LogP contribution < -0.4 is 5.32 Å². The van der Waals surface area contributed by atoms with Crippen molar-refractivity contribution in [1.29, 1.82) is 0 Å². The second kappa shape index (κ2) is 9.11. The molecule has 2 atom stereocenters. The van der Waals surface area contributed by atoms with Crippen LogP contribution in [0.1, 0.15) is 26.2 Å². The molecule has 1 aromatic carbocycles. The van der Waals surface area contributed by atoms with Crippen molar-refractivity contribution in [1.82, 2.24) is 4.90 Å². The van der Waals surface area contributed by atoms with Crippen molar-refractivity contribution in [2.45, 2.75) is 43.2 Å². The van der Waals surface area contributed by atoms with Gasteiger partial charge in [0.1, 0.15) is 0 Å². The summed E-state index contributed by atoms with van der Waals surface area (Å²) < 4.78 is 0. The molecule has 1 aliphatic heterocycles. The summed E-state index contributed by atoms with van der Waals surface area (Å²) in [6.45, 7) is 6.86. The van der Waals surface area contributed by atoms with Gasteiger partial charge in [0, 0.05) is 16.7 Å². The average molecular weight is 334 g/mol. The maximum absolute atomic E-state index is 12.4. The van der Waals surface area contributed by atoms with Gasteiger partial charge < -0.3 is 10.4 Å². The largest absolute Gasteiger partial charge is 0.393 e. The van der Waals surface area contributed by atoms with E-state index < -0.39 is 0 Å². The number of aliphatic hydroxyl groups is 1. The fourth-order valence-electron chi connectivity index (χ4n) is 2.98. The van der Waals surface area contributed by atoms with Crippen LogP contribution in [-0.2, 0) is 4.79 Å². The first-order chi connectivity index (χ1) is 11.1.